The zero-order chi connectivity index (χ0) is 24.2. The van der Waals surface area contributed by atoms with Crippen molar-refractivity contribution in [3.8, 4) is 11.1 Å². The lowest BCUT2D eigenvalue weighted by molar-refractivity contribution is -0.145. The normalized spacial score (nSPS) is 22.3. The number of nitrogens with one attached hydrogen (secondary N) is 2. The molecule has 2 fully saturated rings. The Labute approximate surface area is 199 Å². The molecule has 1 amide bonds. The molecule has 4 aromatic rings. The smallest absolute Gasteiger partial charge is 0.258 e. The number of anilines is 1. The minimum absolute atomic E-state index is 0.156. The molecule has 1 aromatic carbocycles. The number of nitrogens with zero attached hydrogens (tertiary/aromatic N) is 6. The number of hydrogen-bond acceptors (Lipinski definition) is 6. The predicted octanol–water partition coefficient (Wildman–Crippen LogP) is 3.84. The standard InChI is InChI=1S/C24H26F2N8O/c1-24(22(35)33-6-2-3-7-33)9-15(10-24)29-23-28-12-17-16(11-27-21(17)30-23)14-4-5-18-19(8-14)34(32-31-18)13-20(25)26/h4-5,8,11-12,15,20H,2-3,6-7,9-10,13H2,1H3,(H2,27,28,29,30). The molecule has 4 heterocycles. The van der Waals surface area contributed by atoms with Crippen LogP contribution in [0.2, 0.25) is 0 Å². The first kappa shape index (κ1) is 21.9. The second kappa shape index (κ2) is 8.24. The van der Waals surface area contributed by atoms with Crippen LogP contribution in [0.25, 0.3) is 33.2 Å². The van der Waals surface area contributed by atoms with Gasteiger partial charge in [0.25, 0.3) is 6.43 Å². The van der Waals surface area contributed by atoms with Crippen LogP contribution in [0.3, 0.4) is 0 Å². The lowest BCUT2D eigenvalue weighted by Gasteiger charge is -2.45. The van der Waals surface area contributed by atoms with Crippen molar-refractivity contribution in [3.05, 3.63) is 30.6 Å². The summed E-state index contributed by atoms with van der Waals surface area (Å²) in [6.45, 7) is 3.29. The molecule has 0 bridgehead atoms. The molecular formula is C24H26F2N8O. The summed E-state index contributed by atoms with van der Waals surface area (Å²) >= 11 is 0. The van der Waals surface area contributed by atoms with E-state index in [2.05, 4.69) is 30.6 Å². The number of benzene rings is 1. The predicted molar refractivity (Wildman–Crippen MR) is 127 cm³/mol. The Bertz CT molecular complexity index is 1400. The second-order valence-electron chi connectivity index (χ2n) is 9.83. The van der Waals surface area contributed by atoms with Crippen molar-refractivity contribution in [3.63, 3.8) is 0 Å². The molecule has 35 heavy (non-hydrogen) atoms. The lowest BCUT2D eigenvalue weighted by atomic mass is 9.66. The van der Waals surface area contributed by atoms with Crippen molar-refractivity contribution in [2.75, 3.05) is 18.4 Å². The Kier molecular flexibility index (Phi) is 5.15. The summed E-state index contributed by atoms with van der Waals surface area (Å²) in [6, 6.07) is 5.61. The fourth-order valence-corrected chi connectivity index (χ4v) is 5.40. The van der Waals surface area contributed by atoms with Crippen molar-refractivity contribution in [2.24, 2.45) is 5.41 Å². The van der Waals surface area contributed by atoms with Gasteiger partial charge in [-0.2, -0.15) is 4.98 Å². The summed E-state index contributed by atoms with van der Waals surface area (Å²) in [6.07, 6.45) is 4.80. The third kappa shape index (κ3) is 3.88. The first-order valence-corrected chi connectivity index (χ1v) is 11.9. The van der Waals surface area contributed by atoms with Crippen LogP contribution < -0.4 is 5.32 Å². The van der Waals surface area contributed by atoms with Crippen LogP contribution >= 0.6 is 0 Å². The monoisotopic (exact) mass is 480 g/mol. The molecule has 3 aromatic heterocycles. The molecule has 0 radical (unpaired) electrons. The highest BCUT2D eigenvalue weighted by molar-refractivity contribution is 5.95. The summed E-state index contributed by atoms with van der Waals surface area (Å²) in [4.78, 5) is 27.1. The van der Waals surface area contributed by atoms with Gasteiger partial charge in [0.05, 0.1) is 10.9 Å². The Balaban J connectivity index is 1.19. The molecular weight excluding hydrogens is 454 g/mol. The molecule has 0 spiro atoms. The summed E-state index contributed by atoms with van der Waals surface area (Å²) in [5.41, 5.74) is 3.18. The molecule has 1 saturated carbocycles. The maximum atomic E-state index is 12.9. The van der Waals surface area contributed by atoms with Gasteiger partial charge in [-0.05, 0) is 43.4 Å². The number of amides is 1. The maximum absolute atomic E-state index is 12.9. The van der Waals surface area contributed by atoms with E-state index in [1.54, 1.807) is 18.3 Å². The van der Waals surface area contributed by atoms with Crippen molar-refractivity contribution >= 4 is 33.9 Å². The molecule has 2 N–H and O–H groups in total. The lowest BCUT2D eigenvalue weighted by Crippen LogP contribution is -2.53. The van der Waals surface area contributed by atoms with Crippen LogP contribution in [0, 0.1) is 5.41 Å². The van der Waals surface area contributed by atoms with E-state index in [4.69, 9.17) is 0 Å². The zero-order valence-corrected chi connectivity index (χ0v) is 19.3. The Morgan fingerprint density at radius 2 is 2.09 bits per heavy atom. The van der Waals surface area contributed by atoms with Crippen LogP contribution in [0.5, 0.6) is 0 Å². The molecule has 0 atom stereocenters. The van der Waals surface area contributed by atoms with Crippen molar-refractivity contribution in [2.45, 2.75) is 51.6 Å². The summed E-state index contributed by atoms with van der Waals surface area (Å²) < 4.78 is 27.0. The van der Waals surface area contributed by atoms with Gasteiger partial charge in [0, 0.05) is 42.5 Å². The Morgan fingerprint density at radius 3 is 2.86 bits per heavy atom. The number of hydrogen-bond donors (Lipinski definition) is 2. The average Bonchev–Trinajstić information content (AvgIpc) is 3.57. The molecule has 11 heteroatoms. The van der Waals surface area contributed by atoms with Crippen molar-refractivity contribution < 1.29 is 13.6 Å². The van der Waals surface area contributed by atoms with E-state index in [-0.39, 0.29) is 17.4 Å². The van der Waals surface area contributed by atoms with Crippen molar-refractivity contribution in [1.82, 2.24) is 34.8 Å². The van der Waals surface area contributed by atoms with Gasteiger partial charge in [-0.15, -0.1) is 5.10 Å². The molecule has 2 aliphatic rings. The summed E-state index contributed by atoms with van der Waals surface area (Å²) in [5.74, 6) is 0.779. The van der Waals surface area contributed by atoms with Crippen LogP contribution in [-0.2, 0) is 11.3 Å². The number of carbonyl (C=O) groups excluding carboxylic acids is 1. The van der Waals surface area contributed by atoms with E-state index in [0.29, 0.717) is 22.6 Å². The SMILES string of the molecule is CC1(C(=O)N2CCCC2)CC(Nc2ncc3c(-c4ccc5nnn(CC(F)F)c5c4)c[nH]c3n2)C1. The number of likely N-dealkylation sites (tertiary alicyclic amines) is 1. The van der Waals surface area contributed by atoms with Gasteiger partial charge in [0.15, 0.2) is 0 Å². The molecule has 1 aliphatic carbocycles. The quantitative estimate of drug-likeness (QED) is 0.435. The molecule has 0 unspecified atom stereocenters. The minimum Gasteiger partial charge on any atom is -0.351 e. The summed E-state index contributed by atoms with van der Waals surface area (Å²) in [5, 5.41) is 12.0. The minimum atomic E-state index is -2.51. The third-order valence-corrected chi connectivity index (χ3v) is 7.20. The number of halogens is 2. The number of aromatic amines is 1. The molecule has 182 valence electrons. The van der Waals surface area contributed by atoms with Crippen LogP contribution in [0.4, 0.5) is 14.7 Å². The van der Waals surface area contributed by atoms with Crippen molar-refractivity contribution in [1.29, 1.82) is 0 Å². The van der Waals surface area contributed by atoms with Gasteiger partial charge in [-0.25, -0.2) is 18.4 Å². The zero-order valence-electron chi connectivity index (χ0n) is 19.3. The topological polar surface area (TPSA) is 105 Å². The number of fused-ring (bicyclic) bond motifs is 2. The van der Waals surface area contributed by atoms with Gasteiger partial charge in [0.1, 0.15) is 17.7 Å². The number of carbonyl (C=O) groups is 1. The van der Waals surface area contributed by atoms with Crippen LogP contribution in [0.1, 0.15) is 32.6 Å². The Hall–Kier alpha value is -3.63. The van der Waals surface area contributed by atoms with Crippen LogP contribution in [0.15, 0.2) is 30.6 Å². The van der Waals surface area contributed by atoms with E-state index in [1.165, 1.54) is 4.68 Å². The highest BCUT2D eigenvalue weighted by atomic mass is 19.3. The first-order valence-electron chi connectivity index (χ1n) is 11.9. The Morgan fingerprint density at radius 1 is 1.29 bits per heavy atom. The first-order chi connectivity index (χ1) is 16.9. The van der Waals surface area contributed by atoms with E-state index in [0.717, 1.165) is 55.3 Å². The summed E-state index contributed by atoms with van der Waals surface area (Å²) in [7, 11) is 0. The van der Waals surface area contributed by atoms with Gasteiger partial charge in [-0.3, -0.25) is 4.79 Å². The molecule has 1 aliphatic heterocycles. The molecule has 9 nitrogen and oxygen atoms in total. The van der Waals surface area contributed by atoms with E-state index in [9.17, 15) is 13.6 Å². The van der Waals surface area contributed by atoms with Crippen LogP contribution in [-0.4, -0.2) is 66.3 Å². The van der Waals surface area contributed by atoms with E-state index < -0.39 is 13.0 Å². The number of alkyl halides is 2. The highest BCUT2D eigenvalue weighted by Crippen LogP contribution is 2.44. The molecule has 6 rings (SSSR count). The second-order valence-corrected chi connectivity index (χ2v) is 9.83. The fraction of sp³-hybridized carbons (Fsp3) is 0.458. The highest BCUT2D eigenvalue weighted by Gasteiger charge is 2.48. The van der Waals surface area contributed by atoms with Gasteiger partial charge < -0.3 is 15.2 Å². The van der Waals surface area contributed by atoms with Gasteiger partial charge in [0.2, 0.25) is 11.9 Å². The van der Waals surface area contributed by atoms with E-state index in [1.807, 2.05) is 24.1 Å². The fourth-order valence-electron chi connectivity index (χ4n) is 5.40. The van der Waals surface area contributed by atoms with E-state index >= 15 is 0 Å². The number of aromatic nitrogens is 6. The largest absolute Gasteiger partial charge is 0.351 e. The van der Waals surface area contributed by atoms with Gasteiger partial charge in [-0.1, -0.05) is 18.2 Å². The number of H-pyrrole nitrogens is 1. The third-order valence-electron chi connectivity index (χ3n) is 7.20. The molecule has 1 saturated heterocycles. The number of rotatable bonds is 6. The average molecular weight is 481 g/mol. The maximum Gasteiger partial charge on any atom is 0.258 e. The van der Waals surface area contributed by atoms with Gasteiger partial charge >= 0.3 is 0 Å².